The van der Waals surface area contributed by atoms with Crippen molar-refractivity contribution in [1.29, 1.82) is 0 Å². The summed E-state index contributed by atoms with van der Waals surface area (Å²) in [5.74, 6) is 0.778. The molecule has 0 saturated carbocycles. The van der Waals surface area contributed by atoms with Crippen LogP contribution >= 0.6 is 0 Å². The molecule has 1 aliphatic heterocycles. The van der Waals surface area contributed by atoms with Gasteiger partial charge in [0.25, 0.3) is 11.8 Å². The Balaban J connectivity index is 1.92. The fourth-order valence-electron chi connectivity index (χ4n) is 3.76. The van der Waals surface area contributed by atoms with E-state index in [4.69, 9.17) is 4.42 Å². The molecule has 0 aliphatic carbocycles. The highest BCUT2D eigenvalue weighted by atomic mass is 16.4. The summed E-state index contributed by atoms with van der Waals surface area (Å²) in [6.45, 7) is 9.62. The van der Waals surface area contributed by atoms with Crippen molar-refractivity contribution in [3.05, 3.63) is 47.7 Å². The molecular weight excluding hydrogens is 340 g/mol. The first kappa shape index (κ1) is 19.2. The highest BCUT2D eigenvalue weighted by Gasteiger charge is 2.26. The van der Waals surface area contributed by atoms with Gasteiger partial charge in [0.15, 0.2) is 5.76 Å². The van der Waals surface area contributed by atoms with E-state index in [0.717, 1.165) is 25.9 Å². The number of likely N-dealkylation sites (tertiary alicyclic amines) is 1. The first-order chi connectivity index (χ1) is 12.9. The number of carbonyl (C=O) groups excluding carboxylic acids is 2. The van der Waals surface area contributed by atoms with Gasteiger partial charge in [-0.15, -0.1) is 0 Å². The molecule has 2 amide bonds. The zero-order valence-electron chi connectivity index (χ0n) is 16.6. The predicted octanol–water partition coefficient (Wildman–Crippen LogP) is 4.44. The third-order valence-corrected chi connectivity index (χ3v) is 4.98. The molecule has 1 fully saturated rings. The molecule has 5 nitrogen and oxygen atoms in total. The summed E-state index contributed by atoms with van der Waals surface area (Å²) in [7, 11) is 0. The molecule has 2 aromatic rings. The molecule has 1 aromatic heterocycles. The number of furan rings is 1. The lowest BCUT2D eigenvalue weighted by Crippen LogP contribution is -2.42. The Morgan fingerprint density at radius 3 is 2.22 bits per heavy atom. The van der Waals surface area contributed by atoms with E-state index < -0.39 is 0 Å². The number of hydrogen-bond donors (Lipinski definition) is 0. The summed E-state index contributed by atoms with van der Waals surface area (Å²) in [5, 5.41) is 0. The Morgan fingerprint density at radius 2 is 1.59 bits per heavy atom. The largest absolute Gasteiger partial charge is 0.451 e. The van der Waals surface area contributed by atoms with E-state index in [9.17, 15) is 9.59 Å². The van der Waals surface area contributed by atoms with Gasteiger partial charge in [0.05, 0.1) is 5.56 Å². The second kappa shape index (κ2) is 7.99. The fraction of sp³-hybridized carbons (Fsp3) is 0.455. The summed E-state index contributed by atoms with van der Waals surface area (Å²) in [6, 6.07) is 11.1. The molecule has 1 saturated heterocycles. The van der Waals surface area contributed by atoms with Crippen molar-refractivity contribution < 1.29 is 14.0 Å². The SMILES string of the molecule is CC(C)N(C(=O)c1ccccc1-c1ccc(C(=O)N2CCCC2)o1)C(C)C. The lowest BCUT2D eigenvalue weighted by Gasteiger charge is -2.31. The third-order valence-electron chi connectivity index (χ3n) is 4.98. The molecule has 2 heterocycles. The highest BCUT2D eigenvalue weighted by Crippen LogP contribution is 2.28. The normalized spacial score (nSPS) is 14.2. The number of carbonyl (C=O) groups is 2. The van der Waals surface area contributed by atoms with Crippen molar-refractivity contribution in [2.24, 2.45) is 0 Å². The topological polar surface area (TPSA) is 53.8 Å². The van der Waals surface area contributed by atoms with Gasteiger partial charge in [0, 0.05) is 30.7 Å². The number of amides is 2. The average molecular weight is 368 g/mol. The maximum absolute atomic E-state index is 13.2. The monoisotopic (exact) mass is 368 g/mol. The van der Waals surface area contributed by atoms with Crippen LogP contribution in [0.5, 0.6) is 0 Å². The van der Waals surface area contributed by atoms with Crippen LogP contribution < -0.4 is 0 Å². The van der Waals surface area contributed by atoms with Gasteiger partial charge in [-0.2, -0.15) is 0 Å². The van der Waals surface area contributed by atoms with Crippen LogP contribution in [0.3, 0.4) is 0 Å². The molecule has 0 N–H and O–H groups in total. The standard InChI is InChI=1S/C22H28N2O3/c1-15(2)24(16(3)4)21(25)18-10-6-5-9-17(18)19-11-12-20(27-19)22(26)23-13-7-8-14-23/h5-6,9-12,15-16H,7-8,13-14H2,1-4H3. The Bertz CT molecular complexity index is 808. The van der Waals surface area contributed by atoms with E-state index in [-0.39, 0.29) is 23.9 Å². The number of hydrogen-bond acceptors (Lipinski definition) is 3. The first-order valence-corrected chi connectivity index (χ1v) is 9.71. The fourth-order valence-corrected chi connectivity index (χ4v) is 3.76. The van der Waals surface area contributed by atoms with Gasteiger partial charge in [-0.1, -0.05) is 18.2 Å². The van der Waals surface area contributed by atoms with Gasteiger partial charge in [-0.3, -0.25) is 9.59 Å². The van der Waals surface area contributed by atoms with Crippen LogP contribution in [-0.4, -0.2) is 46.8 Å². The van der Waals surface area contributed by atoms with Crippen molar-refractivity contribution >= 4 is 11.8 Å². The minimum absolute atomic E-state index is 0.0283. The quantitative estimate of drug-likeness (QED) is 0.784. The van der Waals surface area contributed by atoms with Crippen molar-refractivity contribution in [3.8, 4) is 11.3 Å². The van der Waals surface area contributed by atoms with Crippen LogP contribution in [0.1, 0.15) is 61.4 Å². The van der Waals surface area contributed by atoms with Gasteiger partial charge in [-0.05, 0) is 58.7 Å². The zero-order chi connectivity index (χ0) is 19.6. The van der Waals surface area contributed by atoms with Crippen LogP contribution in [0.25, 0.3) is 11.3 Å². The Labute approximate surface area is 160 Å². The number of nitrogens with zero attached hydrogens (tertiary/aromatic N) is 2. The molecule has 0 unspecified atom stereocenters. The maximum atomic E-state index is 13.2. The third kappa shape index (κ3) is 3.92. The number of benzene rings is 1. The zero-order valence-corrected chi connectivity index (χ0v) is 16.6. The molecule has 0 radical (unpaired) electrons. The van der Waals surface area contributed by atoms with E-state index in [1.165, 1.54) is 0 Å². The van der Waals surface area contributed by atoms with Crippen molar-refractivity contribution in [2.75, 3.05) is 13.1 Å². The van der Waals surface area contributed by atoms with Crippen LogP contribution in [0.2, 0.25) is 0 Å². The predicted molar refractivity (Wildman–Crippen MR) is 106 cm³/mol. The molecular formula is C22H28N2O3. The van der Waals surface area contributed by atoms with E-state index in [2.05, 4.69) is 0 Å². The van der Waals surface area contributed by atoms with E-state index in [1.54, 1.807) is 12.1 Å². The molecule has 1 aliphatic rings. The minimum atomic E-state index is -0.0754. The summed E-state index contributed by atoms with van der Waals surface area (Å²) in [5.41, 5.74) is 1.31. The summed E-state index contributed by atoms with van der Waals surface area (Å²) < 4.78 is 5.87. The van der Waals surface area contributed by atoms with Crippen molar-refractivity contribution in [2.45, 2.75) is 52.6 Å². The summed E-state index contributed by atoms with van der Waals surface area (Å²) in [4.78, 5) is 29.4. The van der Waals surface area contributed by atoms with Gasteiger partial charge in [0.1, 0.15) is 5.76 Å². The second-order valence-electron chi connectivity index (χ2n) is 7.61. The van der Waals surface area contributed by atoms with Gasteiger partial charge in [0.2, 0.25) is 0 Å². The molecule has 3 rings (SSSR count). The molecule has 0 spiro atoms. The number of rotatable bonds is 5. The maximum Gasteiger partial charge on any atom is 0.289 e. The van der Waals surface area contributed by atoms with Crippen LogP contribution in [0, 0.1) is 0 Å². The van der Waals surface area contributed by atoms with Crippen molar-refractivity contribution in [1.82, 2.24) is 9.80 Å². The Kier molecular flexibility index (Phi) is 5.68. The van der Waals surface area contributed by atoms with Gasteiger partial charge in [-0.25, -0.2) is 0 Å². The van der Waals surface area contributed by atoms with Crippen LogP contribution in [-0.2, 0) is 0 Å². The smallest absolute Gasteiger partial charge is 0.289 e. The molecule has 0 atom stereocenters. The van der Waals surface area contributed by atoms with Crippen molar-refractivity contribution in [3.63, 3.8) is 0 Å². The van der Waals surface area contributed by atoms with Crippen LogP contribution in [0.4, 0.5) is 0 Å². The summed E-state index contributed by atoms with van der Waals surface area (Å²) >= 11 is 0. The molecule has 1 aromatic carbocycles. The lowest BCUT2D eigenvalue weighted by molar-refractivity contribution is 0.0644. The summed E-state index contributed by atoms with van der Waals surface area (Å²) in [6.07, 6.45) is 2.08. The van der Waals surface area contributed by atoms with Gasteiger partial charge >= 0.3 is 0 Å². The lowest BCUT2D eigenvalue weighted by atomic mass is 10.0. The van der Waals surface area contributed by atoms with E-state index in [1.807, 2.05) is 61.8 Å². The van der Waals surface area contributed by atoms with Gasteiger partial charge < -0.3 is 14.2 Å². The Hall–Kier alpha value is -2.56. The minimum Gasteiger partial charge on any atom is -0.451 e. The van der Waals surface area contributed by atoms with E-state index in [0.29, 0.717) is 22.6 Å². The Morgan fingerprint density at radius 1 is 0.963 bits per heavy atom. The second-order valence-corrected chi connectivity index (χ2v) is 7.61. The average Bonchev–Trinajstić information content (AvgIpc) is 3.32. The van der Waals surface area contributed by atoms with E-state index >= 15 is 0 Å². The molecule has 0 bridgehead atoms. The molecule has 144 valence electrons. The first-order valence-electron chi connectivity index (χ1n) is 9.71. The molecule has 5 heteroatoms. The molecule has 27 heavy (non-hydrogen) atoms. The van der Waals surface area contributed by atoms with Crippen LogP contribution in [0.15, 0.2) is 40.8 Å². The highest BCUT2D eigenvalue weighted by molar-refractivity contribution is 6.01.